The molecule has 5 heteroatoms. The number of hydrogen-bond acceptors (Lipinski definition) is 3. The molecule has 3 heterocycles. The van der Waals surface area contributed by atoms with Crippen molar-refractivity contribution in [2.45, 2.75) is 52.5 Å². The molecule has 3 rings (SSSR count). The number of hydrogen-bond donors (Lipinski definition) is 0. The van der Waals surface area contributed by atoms with Crippen molar-refractivity contribution in [2.75, 3.05) is 33.2 Å². The summed E-state index contributed by atoms with van der Waals surface area (Å²) in [4.78, 5) is 17.4. The molecule has 2 fully saturated rings. The molecule has 5 nitrogen and oxygen atoms in total. The third-order valence-electron chi connectivity index (χ3n) is 5.59. The van der Waals surface area contributed by atoms with Crippen LogP contribution in [0.4, 0.5) is 0 Å². The predicted molar refractivity (Wildman–Crippen MR) is 91.6 cm³/mol. The fraction of sp³-hybridized carbons (Fsp3) is 0.778. The number of aromatic nitrogens is 2. The summed E-state index contributed by atoms with van der Waals surface area (Å²) in [5, 5.41) is 4.55. The molecule has 2 aliphatic rings. The lowest BCUT2D eigenvalue weighted by Crippen LogP contribution is -2.40. The molecule has 0 N–H and O–H groups in total. The van der Waals surface area contributed by atoms with E-state index in [-0.39, 0.29) is 11.4 Å². The van der Waals surface area contributed by atoms with E-state index >= 15 is 0 Å². The molecule has 0 bridgehead atoms. The molecule has 2 saturated heterocycles. The van der Waals surface area contributed by atoms with Crippen molar-refractivity contribution in [3.63, 3.8) is 0 Å². The lowest BCUT2D eigenvalue weighted by Gasteiger charge is -2.37. The Hall–Kier alpha value is -1.36. The van der Waals surface area contributed by atoms with Crippen molar-refractivity contribution in [3.05, 3.63) is 17.5 Å². The maximum Gasteiger partial charge on any atom is 0.257 e. The number of piperidine rings is 1. The summed E-state index contributed by atoms with van der Waals surface area (Å²) in [7, 11) is 2.19. The van der Waals surface area contributed by atoms with Gasteiger partial charge in [-0.25, -0.2) is 0 Å². The van der Waals surface area contributed by atoms with E-state index in [4.69, 9.17) is 0 Å². The first-order valence-corrected chi connectivity index (χ1v) is 8.75. The molecule has 0 atom stereocenters. The molecular formula is C18H30N4O. The van der Waals surface area contributed by atoms with Crippen molar-refractivity contribution in [3.8, 4) is 0 Å². The van der Waals surface area contributed by atoms with Gasteiger partial charge in [0.15, 0.2) is 0 Å². The molecule has 128 valence electrons. The van der Waals surface area contributed by atoms with Gasteiger partial charge in [-0.3, -0.25) is 9.48 Å². The summed E-state index contributed by atoms with van der Waals surface area (Å²) in [6.07, 6.45) is 5.51. The zero-order valence-corrected chi connectivity index (χ0v) is 15.2. The summed E-state index contributed by atoms with van der Waals surface area (Å²) in [6, 6.07) is 0. The van der Waals surface area contributed by atoms with Gasteiger partial charge in [-0.15, -0.1) is 0 Å². The Balaban J connectivity index is 1.74. The second-order valence-electron chi connectivity index (χ2n) is 8.52. The van der Waals surface area contributed by atoms with Gasteiger partial charge in [-0.1, -0.05) is 0 Å². The van der Waals surface area contributed by atoms with Crippen LogP contribution in [0.15, 0.2) is 6.20 Å². The third kappa shape index (κ3) is 3.16. The van der Waals surface area contributed by atoms with E-state index in [0.717, 1.165) is 43.9 Å². The van der Waals surface area contributed by atoms with Gasteiger partial charge < -0.3 is 9.80 Å². The number of amides is 1. The largest absolute Gasteiger partial charge is 0.338 e. The molecular weight excluding hydrogens is 288 g/mol. The fourth-order valence-corrected chi connectivity index (χ4v) is 3.79. The first kappa shape index (κ1) is 16.5. The summed E-state index contributed by atoms with van der Waals surface area (Å²) in [5.74, 6) is 0.161. The van der Waals surface area contributed by atoms with E-state index in [1.165, 1.54) is 12.8 Å². The number of carbonyl (C=O) groups is 1. The van der Waals surface area contributed by atoms with Gasteiger partial charge in [0.25, 0.3) is 5.91 Å². The molecule has 0 saturated carbocycles. The number of carbonyl (C=O) groups excluding carboxylic acids is 1. The van der Waals surface area contributed by atoms with Crippen LogP contribution in [0.2, 0.25) is 0 Å². The van der Waals surface area contributed by atoms with Crippen LogP contribution in [0, 0.1) is 12.3 Å². The summed E-state index contributed by atoms with van der Waals surface area (Å²) in [6.45, 7) is 12.4. The lowest BCUT2D eigenvalue weighted by atomic mass is 9.78. The Morgan fingerprint density at radius 2 is 1.78 bits per heavy atom. The highest BCUT2D eigenvalue weighted by atomic mass is 16.2. The maximum atomic E-state index is 13.0. The Kier molecular flexibility index (Phi) is 4.03. The fourth-order valence-electron chi connectivity index (χ4n) is 3.79. The molecule has 2 aliphatic heterocycles. The quantitative estimate of drug-likeness (QED) is 0.799. The summed E-state index contributed by atoms with van der Waals surface area (Å²) in [5.41, 5.74) is 1.87. The minimum atomic E-state index is -0.0938. The lowest BCUT2D eigenvalue weighted by molar-refractivity contribution is 0.0736. The van der Waals surface area contributed by atoms with Crippen LogP contribution in [0.3, 0.4) is 0 Å². The Morgan fingerprint density at radius 1 is 1.17 bits per heavy atom. The van der Waals surface area contributed by atoms with Crippen LogP contribution in [0.5, 0.6) is 0 Å². The van der Waals surface area contributed by atoms with Gasteiger partial charge in [0.05, 0.1) is 16.8 Å². The van der Waals surface area contributed by atoms with E-state index in [2.05, 4.69) is 42.7 Å². The molecule has 1 amide bonds. The molecule has 1 aromatic rings. The highest BCUT2D eigenvalue weighted by molar-refractivity contribution is 5.95. The minimum absolute atomic E-state index is 0.0938. The van der Waals surface area contributed by atoms with Crippen molar-refractivity contribution < 1.29 is 4.79 Å². The van der Waals surface area contributed by atoms with Crippen LogP contribution in [-0.2, 0) is 5.54 Å². The maximum absolute atomic E-state index is 13.0. The number of aryl methyl sites for hydroxylation is 1. The summed E-state index contributed by atoms with van der Waals surface area (Å²) < 4.78 is 1.91. The number of likely N-dealkylation sites (tertiary alicyclic amines) is 2. The van der Waals surface area contributed by atoms with Gasteiger partial charge >= 0.3 is 0 Å². The highest BCUT2D eigenvalue weighted by Crippen LogP contribution is 2.40. The number of nitrogens with zero attached hydrogens (tertiary/aromatic N) is 4. The topological polar surface area (TPSA) is 41.4 Å². The van der Waals surface area contributed by atoms with Crippen LogP contribution in [0.25, 0.3) is 0 Å². The zero-order valence-electron chi connectivity index (χ0n) is 15.2. The zero-order chi connectivity index (χ0) is 16.8. The van der Waals surface area contributed by atoms with Gasteiger partial charge in [-0.2, -0.15) is 5.10 Å². The van der Waals surface area contributed by atoms with Crippen LogP contribution in [-0.4, -0.2) is 58.7 Å². The van der Waals surface area contributed by atoms with E-state index in [0.29, 0.717) is 5.41 Å². The minimum Gasteiger partial charge on any atom is -0.338 e. The van der Waals surface area contributed by atoms with Crippen molar-refractivity contribution in [2.24, 2.45) is 5.41 Å². The average molecular weight is 318 g/mol. The van der Waals surface area contributed by atoms with Crippen LogP contribution in [0.1, 0.15) is 56.1 Å². The van der Waals surface area contributed by atoms with Crippen LogP contribution < -0.4 is 0 Å². The smallest absolute Gasteiger partial charge is 0.257 e. The highest BCUT2D eigenvalue weighted by Gasteiger charge is 2.42. The first-order chi connectivity index (χ1) is 10.7. The Bertz CT molecular complexity index is 591. The monoisotopic (exact) mass is 318 g/mol. The predicted octanol–water partition coefficient (Wildman–Crippen LogP) is 2.50. The van der Waals surface area contributed by atoms with Gasteiger partial charge in [0.2, 0.25) is 0 Å². The molecule has 1 aromatic heterocycles. The van der Waals surface area contributed by atoms with Crippen LogP contribution >= 0.6 is 0 Å². The molecule has 0 aromatic carbocycles. The first-order valence-electron chi connectivity index (χ1n) is 8.75. The van der Waals surface area contributed by atoms with Gasteiger partial charge in [-0.05, 0) is 72.5 Å². The summed E-state index contributed by atoms with van der Waals surface area (Å²) >= 11 is 0. The number of rotatable bonds is 1. The third-order valence-corrected chi connectivity index (χ3v) is 5.59. The van der Waals surface area contributed by atoms with Crippen molar-refractivity contribution in [1.82, 2.24) is 19.6 Å². The molecule has 23 heavy (non-hydrogen) atoms. The Morgan fingerprint density at radius 3 is 2.35 bits per heavy atom. The van der Waals surface area contributed by atoms with Gasteiger partial charge in [0, 0.05) is 19.3 Å². The standard InChI is InChI=1S/C18H30N4O/c1-14-15(12-22(19-14)17(2,3)4)16(23)21-11-8-18(13-21)6-9-20(5)10-7-18/h12H,6-11,13H2,1-5H3. The van der Waals surface area contributed by atoms with Crippen molar-refractivity contribution in [1.29, 1.82) is 0 Å². The second kappa shape index (κ2) is 5.62. The van der Waals surface area contributed by atoms with Crippen molar-refractivity contribution >= 4 is 5.91 Å². The molecule has 0 unspecified atom stereocenters. The van der Waals surface area contributed by atoms with Gasteiger partial charge in [0.1, 0.15) is 0 Å². The molecule has 0 aliphatic carbocycles. The molecule has 0 radical (unpaired) electrons. The second-order valence-corrected chi connectivity index (χ2v) is 8.52. The van der Waals surface area contributed by atoms with E-state index < -0.39 is 0 Å². The average Bonchev–Trinajstić information content (AvgIpc) is 3.06. The van der Waals surface area contributed by atoms with E-state index in [9.17, 15) is 4.79 Å². The molecule has 1 spiro atoms. The SMILES string of the molecule is Cc1nn(C(C)(C)C)cc1C(=O)N1CCC2(CCN(C)CC2)C1. The van der Waals surface area contributed by atoms with E-state index in [1.54, 1.807) is 0 Å². The Labute approximate surface area is 139 Å². The van der Waals surface area contributed by atoms with E-state index in [1.807, 2.05) is 17.8 Å². The normalized spacial score (nSPS) is 22.0.